The SMILES string of the molecule is Cc1nn(Cc2ccccc2Cl)c(Cl)c1C(=O)Nc1ccn(CCc2ccncc2)n1. The van der Waals surface area contributed by atoms with Crippen LogP contribution in [0.3, 0.4) is 0 Å². The molecule has 3 heterocycles. The fourth-order valence-corrected chi connectivity index (χ4v) is 3.74. The number of aromatic nitrogens is 5. The summed E-state index contributed by atoms with van der Waals surface area (Å²) in [5.41, 5.74) is 2.89. The van der Waals surface area contributed by atoms with Crippen molar-refractivity contribution in [3.63, 3.8) is 0 Å². The number of hydrogen-bond donors (Lipinski definition) is 1. The van der Waals surface area contributed by atoms with Gasteiger partial charge in [-0.2, -0.15) is 10.2 Å². The van der Waals surface area contributed by atoms with E-state index in [-0.39, 0.29) is 11.1 Å². The van der Waals surface area contributed by atoms with Crippen LogP contribution in [0.25, 0.3) is 0 Å². The molecule has 0 bridgehead atoms. The molecule has 0 saturated heterocycles. The Kier molecular flexibility index (Phi) is 6.34. The van der Waals surface area contributed by atoms with Crippen LogP contribution in [0.4, 0.5) is 5.82 Å². The molecule has 0 aliphatic rings. The van der Waals surface area contributed by atoms with E-state index < -0.39 is 0 Å². The van der Waals surface area contributed by atoms with Gasteiger partial charge in [-0.25, -0.2) is 4.68 Å². The smallest absolute Gasteiger partial charge is 0.261 e. The number of carbonyl (C=O) groups excluding carboxylic acids is 1. The van der Waals surface area contributed by atoms with Crippen molar-refractivity contribution < 1.29 is 4.79 Å². The van der Waals surface area contributed by atoms with Gasteiger partial charge in [0.05, 0.1) is 17.8 Å². The van der Waals surface area contributed by atoms with Gasteiger partial charge in [-0.1, -0.05) is 41.4 Å². The molecule has 3 aromatic heterocycles. The normalized spacial score (nSPS) is 10.9. The summed E-state index contributed by atoms with van der Waals surface area (Å²) in [6, 6.07) is 13.1. The van der Waals surface area contributed by atoms with E-state index in [1.807, 2.05) is 36.5 Å². The van der Waals surface area contributed by atoms with Gasteiger partial charge in [-0.05, 0) is 42.7 Å². The molecule has 0 spiro atoms. The molecule has 0 fully saturated rings. The number of nitrogens with zero attached hydrogens (tertiary/aromatic N) is 5. The standard InChI is InChI=1S/C22H20Cl2N6O/c1-15-20(21(24)30(27-15)14-17-4-2-3-5-18(17)23)22(31)26-19-9-13-29(28-19)12-8-16-6-10-25-11-7-16/h2-7,9-11,13H,8,12,14H2,1H3,(H,26,28,31). The maximum absolute atomic E-state index is 12.8. The summed E-state index contributed by atoms with van der Waals surface area (Å²) in [6.07, 6.45) is 6.17. The first-order valence-electron chi connectivity index (χ1n) is 9.71. The second-order valence-electron chi connectivity index (χ2n) is 7.02. The topological polar surface area (TPSA) is 77.6 Å². The highest BCUT2D eigenvalue weighted by molar-refractivity contribution is 6.33. The molecular formula is C22H20Cl2N6O. The number of aryl methyl sites for hydroxylation is 3. The molecule has 1 N–H and O–H groups in total. The molecule has 1 aromatic carbocycles. The summed E-state index contributed by atoms with van der Waals surface area (Å²) in [7, 11) is 0. The summed E-state index contributed by atoms with van der Waals surface area (Å²) >= 11 is 12.7. The summed E-state index contributed by atoms with van der Waals surface area (Å²) in [5.74, 6) is 0.0985. The molecule has 158 valence electrons. The molecule has 0 unspecified atom stereocenters. The first-order valence-corrected chi connectivity index (χ1v) is 10.5. The van der Waals surface area contributed by atoms with Crippen LogP contribution in [0.5, 0.6) is 0 Å². The van der Waals surface area contributed by atoms with Crippen LogP contribution in [0, 0.1) is 6.92 Å². The van der Waals surface area contributed by atoms with Crippen LogP contribution < -0.4 is 5.32 Å². The van der Waals surface area contributed by atoms with Gasteiger partial charge < -0.3 is 5.32 Å². The summed E-state index contributed by atoms with van der Waals surface area (Å²) < 4.78 is 3.35. The molecule has 1 amide bonds. The Hall–Kier alpha value is -3.16. The van der Waals surface area contributed by atoms with E-state index >= 15 is 0 Å². The fourth-order valence-electron chi connectivity index (χ4n) is 3.23. The fraction of sp³-hybridized carbons (Fsp3) is 0.182. The average Bonchev–Trinajstić information content (AvgIpc) is 3.32. The largest absolute Gasteiger partial charge is 0.305 e. The van der Waals surface area contributed by atoms with Crippen LogP contribution in [0.1, 0.15) is 27.2 Å². The van der Waals surface area contributed by atoms with Crippen LogP contribution in [0.2, 0.25) is 10.2 Å². The minimum atomic E-state index is -0.354. The monoisotopic (exact) mass is 454 g/mol. The molecule has 0 aliphatic heterocycles. The molecule has 7 nitrogen and oxygen atoms in total. The number of hydrogen-bond acceptors (Lipinski definition) is 4. The van der Waals surface area contributed by atoms with Gasteiger partial charge in [0, 0.05) is 36.2 Å². The van der Waals surface area contributed by atoms with Crippen molar-refractivity contribution in [1.82, 2.24) is 24.5 Å². The van der Waals surface area contributed by atoms with E-state index in [0.29, 0.717) is 35.2 Å². The zero-order valence-electron chi connectivity index (χ0n) is 16.8. The van der Waals surface area contributed by atoms with Crippen molar-refractivity contribution in [3.8, 4) is 0 Å². The third kappa shape index (κ3) is 4.95. The Balaban J connectivity index is 1.44. The highest BCUT2D eigenvalue weighted by Gasteiger charge is 2.21. The quantitative estimate of drug-likeness (QED) is 0.441. The minimum absolute atomic E-state index is 0.257. The lowest BCUT2D eigenvalue weighted by Crippen LogP contribution is -2.14. The maximum Gasteiger partial charge on any atom is 0.261 e. The van der Waals surface area contributed by atoms with Crippen LogP contribution in [-0.4, -0.2) is 30.5 Å². The first kappa shape index (κ1) is 21.1. The summed E-state index contributed by atoms with van der Waals surface area (Å²) in [5, 5.41) is 12.5. The van der Waals surface area contributed by atoms with Gasteiger partial charge in [-0.15, -0.1) is 0 Å². The Labute approximate surface area is 189 Å². The zero-order chi connectivity index (χ0) is 21.8. The van der Waals surface area contributed by atoms with Gasteiger partial charge in [0.2, 0.25) is 0 Å². The van der Waals surface area contributed by atoms with E-state index in [1.165, 1.54) is 5.56 Å². The number of amides is 1. The Bertz CT molecular complexity index is 1200. The third-order valence-electron chi connectivity index (χ3n) is 4.83. The molecule has 9 heteroatoms. The van der Waals surface area contributed by atoms with Gasteiger partial charge >= 0.3 is 0 Å². The lowest BCUT2D eigenvalue weighted by Gasteiger charge is -2.06. The molecule has 31 heavy (non-hydrogen) atoms. The molecule has 4 aromatic rings. The predicted molar refractivity (Wildman–Crippen MR) is 121 cm³/mol. The first-order chi connectivity index (χ1) is 15.0. The van der Waals surface area contributed by atoms with Crippen LogP contribution in [-0.2, 0) is 19.5 Å². The predicted octanol–water partition coefficient (Wildman–Crippen LogP) is 4.63. The lowest BCUT2D eigenvalue weighted by molar-refractivity contribution is 0.102. The number of benzene rings is 1. The highest BCUT2D eigenvalue weighted by Crippen LogP contribution is 2.24. The Morgan fingerprint density at radius 1 is 1.06 bits per heavy atom. The minimum Gasteiger partial charge on any atom is -0.305 e. The number of nitrogens with one attached hydrogen (secondary N) is 1. The second-order valence-corrected chi connectivity index (χ2v) is 7.79. The number of carbonyl (C=O) groups is 1. The zero-order valence-corrected chi connectivity index (χ0v) is 18.3. The molecule has 0 aliphatic carbocycles. The van der Waals surface area contributed by atoms with E-state index in [0.717, 1.165) is 12.0 Å². The molecule has 4 rings (SSSR count). The van der Waals surface area contributed by atoms with E-state index in [2.05, 4.69) is 20.5 Å². The third-order valence-corrected chi connectivity index (χ3v) is 5.58. The van der Waals surface area contributed by atoms with E-state index in [1.54, 1.807) is 40.8 Å². The molecule has 0 radical (unpaired) electrons. The Morgan fingerprint density at radius 2 is 1.84 bits per heavy atom. The van der Waals surface area contributed by atoms with Gasteiger partial charge in [0.1, 0.15) is 5.15 Å². The summed E-state index contributed by atoms with van der Waals surface area (Å²) in [6.45, 7) is 2.81. The summed E-state index contributed by atoms with van der Waals surface area (Å²) in [4.78, 5) is 16.9. The second kappa shape index (κ2) is 9.32. The molecular weight excluding hydrogens is 435 g/mol. The maximum atomic E-state index is 12.8. The number of anilines is 1. The van der Waals surface area contributed by atoms with Gasteiger partial charge in [0.15, 0.2) is 5.82 Å². The van der Waals surface area contributed by atoms with Gasteiger partial charge in [0.25, 0.3) is 5.91 Å². The molecule has 0 atom stereocenters. The van der Waals surface area contributed by atoms with Crippen molar-refractivity contribution in [1.29, 1.82) is 0 Å². The van der Waals surface area contributed by atoms with Crippen LogP contribution >= 0.6 is 23.2 Å². The molecule has 0 saturated carbocycles. The van der Waals surface area contributed by atoms with Gasteiger partial charge in [-0.3, -0.25) is 14.5 Å². The highest BCUT2D eigenvalue weighted by atomic mass is 35.5. The average molecular weight is 455 g/mol. The van der Waals surface area contributed by atoms with Crippen molar-refractivity contribution in [2.45, 2.75) is 26.4 Å². The van der Waals surface area contributed by atoms with Crippen molar-refractivity contribution in [2.24, 2.45) is 0 Å². The number of halogens is 2. The number of rotatable bonds is 7. The van der Waals surface area contributed by atoms with E-state index in [4.69, 9.17) is 23.2 Å². The van der Waals surface area contributed by atoms with E-state index in [9.17, 15) is 4.79 Å². The van der Waals surface area contributed by atoms with Crippen molar-refractivity contribution in [3.05, 3.63) is 93.6 Å². The Morgan fingerprint density at radius 3 is 2.61 bits per heavy atom. The number of pyridine rings is 1. The van der Waals surface area contributed by atoms with Crippen molar-refractivity contribution in [2.75, 3.05) is 5.32 Å². The lowest BCUT2D eigenvalue weighted by atomic mass is 10.2. The van der Waals surface area contributed by atoms with Crippen molar-refractivity contribution >= 4 is 34.9 Å². The van der Waals surface area contributed by atoms with Crippen LogP contribution in [0.15, 0.2) is 61.1 Å².